The third-order valence-corrected chi connectivity index (χ3v) is 4.22. The van der Waals surface area contributed by atoms with Crippen molar-refractivity contribution >= 4 is 17.3 Å². The van der Waals surface area contributed by atoms with Crippen LogP contribution in [0.3, 0.4) is 0 Å². The molecule has 6 nitrogen and oxygen atoms in total. The molecule has 0 amide bonds. The van der Waals surface area contributed by atoms with Crippen molar-refractivity contribution in [2.75, 3.05) is 23.7 Å². The third-order valence-electron chi connectivity index (χ3n) is 4.22. The fourth-order valence-corrected chi connectivity index (χ4v) is 2.61. The largest absolute Gasteiger partial charge is 0.370 e. The normalized spacial score (nSPS) is 16.3. The summed E-state index contributed by atoms with van der Waals surface area (Å²) in [5.74, 6) is 1.04. The second-order valence-corrected chi connectivity index (χ2v) is 5.41. The second kappa shape index (κ2) is 6.07. The molecule has 1 aromatic rings. The summed E-state index contributed by atoms with van der Waals surface area (Å²) in [6.45, 7) is 5.64. The van der Waals surface area contributed by atoms with Crippen LogP contribution in [0.25, 0.3) is 0 Å². The summed E-state index contributed by atoms with van der Waals surface area (Å²) >= 11 is 0. The smallest absolute Gasteiger partial charge is 0.311 e. The fraction of sp³-hybridized carbons (Fsp3) is 0.643. The number of aromatic nitrogens is 1. The van der Waals surface area contributed by atoms with Crippen LogP contribution in [0.1, 0.15) is 39.5 Å². The standard InChI is InChI=1S/C14H22N4O2/c1-3-14(8-5-9-14)10-16-13-11(18(19)20)6-7-12(17-13)15-4-2/h6-7H,3-5,8-10H2,1-2H3,(H2,15,16,17). The molecule has 0 spiro atoms. The molecule has 0 unspecified atom stereocenters. The molecule has 0 aliphatic heterocycles. The zero-order chi connectivity index (χ0) is 14.6. The van der Waals surface area contributed by atoms with Gasteiger partial charge >= 0.3 is 5.69 Å². The molecule has 1 aliphatic rings. The lowest BCUT2D eigenvalue weighted by Gasteiger charge is -2.41. The van der Waals surface area contributed by atoms with Crippen molar-refractivity contribution in [3.63, 3.8) is 0 Å². The van der Waals surface area contributed by atoms with E-state index in [1.807, 2.05) is 6.92 Å². The second-order valence-electron chi connectivity index (χ2n) is 5.41. The summed E-state index contributed by atoms with van der Waals surface area (Å²) in [7, 11) is 0. The van der Waals surface area contributed by atoms with Crippen molar-refractivity contribution in [3.8, 4) is 0 Å². The lowest BCUT2D eigenvalue weighted by atomic mass is 9.67. The molecular formula is C14H22N4O2. The highest BCUT2D eigenvalue weighted by Crippen LogP contribution is 2.44. The van der Waals surface area contributed by atoms with Crippen LogP contribution in [0.5, 0.6) is 0 Å². The van der Waals surface area contributed by atoms with E-state index in [4.69, 9.17) is 0 Å². The number of hydrogen-bond acceptors (Lipinski definition) is 5. The Morgan fingerprint density at radius 3 is 2.60 bits per heavy atom. The van der Waals surface area contributed by atoms with E-state index in [1.165, 1.54) is 25.3 Å². The van der Waals surface area contributed by atoms with Crippen LogP contribution in [0.2, 0.25) is 0 Å². The predicted molar refractivity (Wildman–Crippen MR) is 80.1 cm³/mol. The van der Waals surface area contributed by atoms with E-state index in [1.54, 1.807) is 6.07 Å². The molecule has 1 saturated carbocycles. The molecule has 2 N–H and O–H groups in total. The topological polar surface area (TPSA) is 80.1 Å². The number of anilines is 2. The molecule has 20 heavy (non-hydrogen) atoms. The first-order valence-corrected chi connectivity index (χ1v) is 7.23. The molecule has 2 rings (SSSR count). The molecule has 0 atom stereocenters. The third kappa shape index (κ3) is 3.00. The van der Waals surface area contributed by atoms with Gasteiger partial charge in [0.15, 0.2) is 0 Å². The van der Waals surface area contributed by atoms with Crippen molar-refractivity contribution in [3.05, 3.63) is 22.2 Å². The fourth-order valence-electron chi connectivity index (χ4n) is 2.61. The quantitative estimate of drug-likeness (QED) is 0.590. The summed E-state index contributed by atoms with van der Waals surface area (Å²) in [5.41, 5.74) is 0.334. The Morgan fingerprint density at radius 1 is 1.35 bits per heavy atom. The average molecular weight is 278 g/mol. The molecule has 0 aromatic carbocycles. The summed E-state index contributed by atoms with van der Waals surface area (Å²) in [4.78, 5) is 15.0. The Labute approximate surface area is 119 Å². The van der Waals surface area contributed by atoms with Crippen LogP contribution in [-0.2, 0) is 0 Å². The van der Waals surface area contributed by atoms with E-state index in [2.05, 4.69) is 22.5 Å². The van der Waals surface area contributed by atoms with Crippen LogP contribution >= 0.6 is 0 Å². The first kappa shape index (κ1) is 14.6. The Balaban J connectivity index is 2.14. The van der Waals surface area contributed by atoms with Crippen LogP contribution in [0.15, 0.2) is 12.1 Å². The maximum Gasteiger partial charge on any atom is 0.311 e. The number of rotatable bonds is 7. The van der Waals surface area contributed by atoms with Gasteiger partial charge in [0.05, 0.1) is 4.92 Å². The molecule has 0 saturated heterocycles. The van der Waals surface area contributed by atoms with Crippen molar-refractivity contribution in [1.82, 2.24) is 4.98 Å². The van der Waals surface area contributed by atoms with Gasteiger partial charge in [0.25, 0.3) is 0 Å². The molecule has 6 heteroatoms. The van der Waals surface area contributed by atoms with Gasteiger partial charge in [-0.25, -0.2) is 4.98 Å². The number of nitrogens with one attached hydrogen (secondary N) is 2. The van der Waals surface area contributed by atoms with Gasteiger partial charge in [-0.15, -0.1) is 0 Å². The average Bonchev–Trinajstić information content (AvgIpc) is 2.38. The molecule has 0 radical (unpaired) electrons. The van der Waals surface area contributed by atoms with Gasteiger partial charge in [-0.3, -0.25) is 10.1 Å². The Kier molecular flexibility index (Phi) is 4.42. The maximum atomic E-state index is 11.1. The van der Waals surface area contributed by atoms with Gasteiger partial charge in [-0.1, -0.05) is 13.3 Å². The highest BCUT2D eigenvalue weighted by molar-refractivity contribution is 5.60. The van der Waals surface area contributed by atoms with Gasteiger partial charge in [0.2, 0.25) is 5.82 Å². The van der Waals surface area contributed by atoms with Crippen molar-refractivity contribution < 1.29 is 4.92 Å². The summed E-state index contributed by atoms with van der Waals surface area (Å²) < 4.78 is 0. The Bertz CT molecular complexity index is 481. The zero-order valence-electron chi connectivity index (χ0n) is 12.1. The van der Waals surface area contributed by atoms with Gasteiger partial charge in [0.1, 0.15) is 5.82 Å². The number of nitrogens with zero attached hydrogens (tertiary/aromatic N) is 2. The summed E-state index contributed by atoms with van der Waals surface area (Å²) in [6, 6.07) is 3.15. The van der Waals surface area contributed by atoms with Gasteiger partial charge < -0.3 is 10.6 Å². The molecule has 1 fully saturated rings. The minimum atomic E-state index is -0.384. The monoisotopic (exact) mass is 278 g/mol. The van der Waals surface area contributed by atoms with Gasteiger partial charge in [-0.2, -0.15) is 0 Å². The van der Waals surface area contributed by atoms with Gasteiger partial charge in [-0.05, 0) is 37.7 Å². The van der Waals surface area contributed by atoms with E-state index in [-0.39, 0.29) is 10.6 Å². The van der Waals surface area contributed by atoms with E-state index in [0.29, 0.717) is 17.1 Å². The molecule has 110 valence electrons. The SMILES string of the molecule is CCNc1ccc([N+](=O)[O-])c(NCC2(CC)CCC2)n1. The van der Waals surface area contributed by atoms with Crippen LogP contribution < -0.4 is 10.6 Å². The van der Waals surface area contributed by atoms with Crippen molar-refractivity contribution in [2.45, 2.75) is 39.5 Å². The molecular weight excluding hydrogens is 256 g/mol. The number of pyridine rings is 1. The first-order valence-electron chi connectivity index (χ1n) is 7.23. The van der Waals surface area contributed by atoms with E-state index in [9.17, 15) is 10.1 Å². The lowest BCUT2D eigenvalue weighted by Crippen LogP contribution is -2.36. The Morgan fingerprint density at radius 2 is 2.10 bits per heavy atom. The highest BCUT2D eigenvalue weighted by atomic mass is 16.6. The van der Waals surface area contributed by atoms with Crippen molar-refractivity contribution in [1.29, 1.82) is 0 Å². The molecule has 1 aliphatic carbocycles. The summed E-state index contributed by atoms with van der Waals surface area (Å²) in [6.07, 6.45) is 4.73. The minimum absolute atomic E-state index is 0.0391. The minimum Gasteiger partial charge on any atom is -0.370 e. The number of nitro groups is 1. The number of hydrogen-bond donors (Lipinski definition) is 2. The van der Waals surface area contributed by atoms with Crippen LogP contribution in [0.4, 0.5) is 17.3 Å². The molecule has 1 heterocycles. The van der Waals surface area contributed by atoms with Crippen LogP contribution in [0, 0.1) is 15.5 Å². The van der Waals surface area contributed by atoms with Gasteiger partial charge in [0, 0.05) is 19.2 Å². The van der Waals surface area contributed by atoms with E-state index in [0.717, 1.165) is 19.5 Å². The highest BCUT2D eigenvalue weighted by Gasteiger charge is 2.35. The van der Waals surface area contributed by atoms with E-state index < -0.39 is 0 Å². The summed E-state index contributed by atoms with van der Waals surface area (Å²) in [5, 5.41) is 17.3. The maximum absolute atomic E-state index is 11.1. The zero-order valence-corrected chi connectivity index (χ0v) is 12.1. The molecule has 1 aromatic heterocycles. The van der Waals surface area contributed by atoms with Crippen molar-refractivity contribution in [2.24, 2.45) is 5.41 Å². The Hall–Kier alpha value is -1.85. The molecule has 0 bridgehead atoms. The van der Waals surface area contributed by atoms with E-state index >= 15 is 0 Å². The van der Waals surface area contributed by atoms with Crippen LogP contribution in [-0.4, -0.2) is 23.0 Å². The first-order chi connectivity index (χ1) is 9.60. The predicted octanol–water partition coefficient (Wildman–Crippen LogP) is 3.41. The lowest BCUT2D eigenvalue weighted by molar-refractivity contribution is -0.384.